The Morgan fingerprint density at radius 1 is 1.29 bits per heavy atom. The van der Waals surface area contributed by atoms with Gasteiger partial charge in [-0.05, 0) is 52.9 Å². The highest BCUT2D eigenvalue weighted by molar-refractivity contribution is 5.78. The molecule has 0 bridgehead atoms. The lowest BCUT2D eigenvalue weighted by Crippen LogP contribution is -2.47. The summed E-state index contributed by atoms with van der Waals surface area (Å²) in [7, 11) is 4.01. The van der Waals surface area contributed by atoms with E-state index >= 15 is 0 Å². The number of rotatable bonds is 8. The summed E-state index contributed by atoms with van der Waals surface area (Å²) in [6.07, 6.45) is 3.37. The van der Waals surface area contributed by atoms with E-state index in [2.05, 4.69) is 15.1 Å². The molecular weight excluding hydrogens is 266 g/mol. The molecule has 1 rings (SSSR count). The second kappa shape index (κ2) is 8.71. The lowest BCUT2D eigenvalue weighted by molar-refractivity contribution is -0.126. The Kier molecular flexibility index (Phi) is 7.63. The normalized spacial score (nSPS) is 18.2. The number of piperidine rings is 1. The van der Waals surface area contributed by atoms with E-state index in [0.29, 0.717) is 0 Å². The van der Waals surface area contributed by atoms with Crippen LogP contribution in [0.5, 0.6) is 0 Å². The average Bonchev–Trinajstić information content (AvgIpc) is 2.47. The Morgan fingerprint density at radius 2 is 1.86 bits per heavy atom. The summed E-state index contributed by atoms with van der Waals surface area (Å²) < 4.78 is 0. The van der Waals surface area contributed by atoms with E-state index in [1.54, 1.807) is 0 Å². The number of likely N-dealkylation sites (tertiary alicyclic amines) is 1. The van der Waals surface area contributed by atoms with Crippen LogP contribution in [0.25, 0.3) is 0 Å². The SMILES string of the molecule is CCC(O)(CC)CN1CCC(C(=O)NCCN(C)C)CC1. The van der Waals surface area contributed by atoms with E-state index in [-0.39, 0.29) is 11.8 Å². The molecule has 1 saturated heterocycles. The minimum atomic E-state index is -0.569. The maximum absolute atomic E-state index is 12.1. The number of aliphatic hydroxyl groups is 1. The maximum atomic E-state index is 12.1. The number of hydrogen-bond donors (Lipinski definition) is 2. The van der Waals surface area contributed by atoms with Crippen molar-refractivity contribution in [2.24, 2.45) is 5.92 Å². The predicted molar refractivity (Wildman–Crippen MR) is 86.3 cm³/mol. The number of hydrogen-bond acceptors (Lipinski definition) is 4. The highest BCUT2D eigenvalue weighted by Gasteiger charge is 2.30. The van der Waals surface area contributed by atoms with Crippen LogP contribution in [0.2, 0.25) is 0 Å². The van der Waals surface area contributed by atoms with Gasteiger partial charge >= 0.3 is 0 Å². The van der Waals surface area contributed by atoms with Crippen LogP contribution < -0.4 is 5.32 Å². The molecule has 0 aromatic heterocycles. The molecule has 1 aliphatic heterocycles. The predicted octanol–water partition coefficient (Wildman–Crippen LogP) is 0.927. The van der Waals surface area contributed by atoms with Crippen LogP contribution in [0.3, 0.4) is 0 Å². The van der Waals surface area contributed by atoms with Gasteiger partial charge in [-0.15, -0.1) is 0 Å². The summed E-state index contributed by atoms with van der Waals surface area (Å²) in [5, 5.41) is 13.4. The summed E-state index contributed by atoms with van der Waals surface area (Å²) >= 11 is 0. The lowest BCUT2D eigenvalue weighted by Gasteiger charge is -2.37. The van der Waals surface area contributed by atoms with Crippen molar-refractivity contribution >= 4 is 5.91 Å². The first kappa shape index (κ1) is 18.4. The zero-order valence-corrected chi connectivity index (χ0v) is 14.2. The molecule has 1 amide bonds. The molecule has 0 aliphatic carbocycles. The van der Waals surface area contributed by atoms with Crippen molar-refractivity contribution in [3.8, 4) is 0 Å². The van der Waals surface area contributed by atoms with E-state index in [4.69, 9.17) is 0 Å². The molecule has 21 heavy (non-hydrogen) atoms. The molecule has 0 saturated carbocycles. The van der Waals surface area contributed by atoms with Gasteiger partial charge in [-0.3, -0.25) is 4.79 Å². The van der Waals surface area contributed by atoms with E-state index in [1.165, 1.54) is 0 Å². The van der Waals surface area contributed by atoms with Crippen LogP contribution >= 0.6 is 0 Å². The number of likely N-dealkylation sites (N-methyl/N-ethyl adjacent to an activating group) is 1. The van der Waals surface area contributed by atoms with Gasteiger partial charge in [0, 0.05) is 25.6 Å². The van der Waals surface area contributed by atoms with Crippen LogP contribution in [-0.4, -0.2) is 73.2 Å². The number of carbonyl (C=O) groups excluding carboxylic acids is 1. The Labute approximate surface area is 129 Å². The highest BCUT2D eigenvalue weighted by Crippen LogP contribution is 2.22. The van der Waals surface area contributed by atoms with E-state index in [0.717, 1.165) is 58.4 Å². The molecule has 124 valence electrons. The van der Waals surface area contributed by atoms with Crippen LogP contribution in [0.4, 0.5) is 0 Å². The fourth-order valence-electron chi connectivity index (χ4n) is 2.79. The second-order valence-corrected chi connectivity index (χ2v) is 6.58. The van der Waals surface area contributed by atoms with Gasteiger partial charge in [0.15, 0.2) is 0 Å². The molecule has 0 aromatic rings. The largest absolute Gasteiger partial charge is 0.389 e. The fourth-order valence-corrected chi connectivity index (χ4v) is 2.79. The molecule has 0 radical (unpaired) electrons. The number of nitrogens with zero attached hydrogens (tertiary/aromatic N) is 2. The number of carbonyl (C=O) groups is 1. The molecule has 5 heteroatoms. The zero-order valence-electron chi connectivity index (χ0n) is 14.2. The molecule has 0 atom stereocenters. The summed E-state index contributed by atoms with van der Waals surface area (Å²) in [6.45, 7) is 8.22. The third-order valence-corrected chi connectivity index (χ3v) is 4.65. The van der Waals surface area contributed by atoms with E-state index < -0.39 is 5.60 Å². The summed E-state index contributed by atoms with van der Waals surface area (Å²) in [4.78, 5) is 16.5. The van der Waals surface area contributed by atoms with Gasteiger partial charge in [-0.1, -0.05) is 13.8 Å². The maximum Gasteiger partial charge on any atom is 0.223 e. The van der Waals surface area contributed by atoms with Crippen molar-refractivity contribution in [2.45, 2.75) is 45.1 Å². The van der Waals surface area contributed by atoms with Gasteiger partial charge in [0.1, 0.15) is 0 Å². The first-order chi connectivity index (χ1) is 9.90. The molecule has 1 fully saturated rings. The second-order valence-electron chi connectivity index (χ2n) is 6.58. The summed E-state index contributed by atoms with van der Waals surface area (Å²) in [6, 6.07) is 0. The zero-order chi connectivity index (χ0) is 15.9. The molecular formula is C16H33N3O2. The summed E-state index contributed by atoms with van der Waals surface area (Å²) in [5.41, 5.74) is -0.569. The smallest absolute Gasteiger partial charge is 0.223 e. The molecule has 5 nitrogen and oxygen atoms in total. The number of amides is 1. The quantitative estimate of drug-likeness (QED) is 0.700. The van der Waals surface area contributed by atoms with Gasteiger partial charge in [0.05, 0.1) is 5.60 Å². The van der Waals surface area contributed by atoms with Crippen LogP contribution in [0, 0.1) is 5.92 Å². The molecule has 1 heterocycles. The summed E-state index contributed by atoms with van der Waals surface area (Å²) in [5.74, 6) is 0.331. The molecule has 1 aliphatic rings. The molecule has 0 unspecified atom stereocenters. The molecule has 2 N–H and O–H groups in total. The highest BCUT2D eigenvalue weighted by atomic mass is 16.3. The minimum Gasteiger partial charge on any atom is -0.389 e. The lowest BCUT2D eigenvalue weighted by atomic mass is 9.92. The van der Waals surface area contributed by atoms with Gasteiger partial charge in [0.25, 0.3) is 0 Å². The Bertz CT molecular complexity index is 309. The van der Waals surface area contributed by atoms with E-state index in [1.807, 2.05) is 27.9 Å². The topological polar surface area (TPSA) is 55.8 Å². The first-order valence-electron chi connectivity index (χ1n) is 8.27. The Hall–Kier alpha value is -0.650. The van der Waals surface area contributed by atoms with Gasteiger partial charge in [-0.2, -0.15) is 0 Å². The van der Waals surface area contributed by atoms with Crippen molar-refractivity contribution in [3.63, 3.8) is 0 Å². The van der Waals surface area contributed by atoms with Gasteiger partial charge < -0.3 is 20.2 Å². The van der Waals surface area contributed by atoms with Crippen molar-refractivity contribution in [2.75, 3.05) is 46.8 Å². The van der Waals surface area contributed by atoms with Crippen molar-refractivity contribution in [1.29, 1.82) is 0 Å². The number of β-amino-alcohol motifs (C(OH)–C–C–N with tert-alkyl or cyclic N) is 1. The van der Waals surface area contributed by atoms with Crippen LogP contribution in [-0.2, 0) is 4.79 Å². The van der Waals surface area contributed by atoms with Crippen molar-refractivity contribution in [3.05, 3.63) is 0 Å². The third kappa shape index (κ3) is 6.32. The average molecular weight is 299 g/mol. The minimum absolute atomic E-state index is 0.139. The number of nitrogens with one attached hydrogen (secondary N) is 1. The third-order valence-electron chi connectivity index (χ3n) is 4.65. The van der Waals surface area contributed by atoms with Crippen LogP contribution in [0.1, 0.15) is 39.5 Å². The van der Waals surface area contributed by atoms with Crippen LogP contribution in [0.15, 0.2) is 0 Å². The Balaban J connectivity index is 2.30. The fraction of sp³-hybridized carbons (Fsp3) is 0.938. The molecule has 0 spiro atoms. The van der Waals surface area contributed by atoms with Gasteiger partial charge in [-0.25, -0.2) is 0 Å². The van der Waals surface area contributed by atoms with Gasteiger partial charge in [0.2, 0.25) is 5.91 Å². The molecule has 0 aromatic carbocycles. The van der Waals surface area contributed by atoms with E-state index in [9.17, 15) is 9.90 Å². The monoisotopic (exact) mass is 299 g/mol. The standard InChI is InChI=1S/C16H33N3O2/c1-5-16(21,6-2)13-19-10-7-14(8-11-19)15(20)17-9-12-18(3)4/h14,21H,5-13H2,1-4H3,(H,17,20). The Morgan fingerprint density at radius 3 is 2.33 bits per heavy atom. The first-order valence-corrected chi connectivity index (χ1v) is 8.27. The van der Waals surface area contributed by atoms with Crippen molar-refractivity contribution in [1.82, 2.24) is 15.1 Å². The van der Waals surface area contributed by atoms with Crippen molar-refractivity contribution < 1.29 is 9.90 Å².